The van der Waals surface area contributed by atoms with Gasteiger partial charge in [-0.05, 0) is 13.8 Å². The van der Waals surface area contributed by atoms with Gasteiger partial charge in [-0.3, -0.25) is 9.48 Å². The maximum absolute atomic E-state index is 11.8. The average molecular weight is 220 g/mol. The predicted molar refractivity (Wildman–Crippen MR) is 62.8 cm³/mol. The van der Waals surface area contributed by atoms with Crippen molar-refractivity contribution in [1.82, 2.24) is 15.1 Å². The number of rotatable bonds is 3. The van der Waals surface area contributed by atoms with Gasteiger partial charge in [0.2, 0.25) is 0 Å². The van der Waals surface area contributed by atoms with Gasteiger partial charge in [0.15, 0.2) is 0 Å². The fourth-order valence-electron chi connectivity index (χ4n) is 1.39. The molecule has 5 nitrogen and oxygen atoms in total. The van der Waals surface area contributed by atoms with E-state index in [1.807, 2.05) is 0 Å². The summed E-state index contributed by atoms with van der Waals surface area (Å²) < 4.78 is 1.49. The monoisotopic (exact) mass is 220 g/mol. The van der Waals surface area contributed by atoms with E-state index in [9.17, 15) is 4.79 Å². The number of hydrogen-bond donors (Lipinski definition) is 2. The van der Waals surface area contributed by atoms with Gasteiger partial charge >= 0.3 is 0 Å². The van der Waals surface area contributed by atoms with Crippen molar-refractivity contribution in [1.29, 1.82) is 0 Å². The van der Waals surface area contributed by atoms with E-state index in [0.717, 1.165) is 0 Å². The highest BCUT2D eigenvalue weighted by Crippen LogP contribution is 2.14. The topological polar surface area (TPSA) is 72.9 Å². The fourth-order valence-corrected chi connectivity index (χ4v) is 1.39. The third-order valence-electron chi connectivity index (χ3n) is 2.20. The molecule has 16 heavy (non-hydrogen) atoms. The Hall–Kier alpha value is -1.96. The van der Waals surface area contributed by atoms with Crippen LogP contribution < -0.4 is 11.1 Å². The van der Waals surface area contributed by atoms with Crippen LogP contribution in [0.5, 0.6) is 0 Å². The molecule has 0 aliphatic carbocycles. The summed E-state index contributed by atoms with van der Waals surface area (Å²) in [4.78, 5) is 11.8. The van der Waals surface area contributed by atoms with Gasteiger partial charge in [0.05, 0.1) is 11.4 Å². The van der Waals surface area contributed by atoms with Gasteiger partial charge in [0.25, 0.3) is 5.91 Å². The van der Waals surface area contributed by atoms with E-state index in [0.29, 0.717) is 30.0 Å². The second kappa shape index (κ2) is 5.21. The lowest BCUT2D eigenvalue weighted by atomic mass is 10.3. The van der Waals surface area contributed by atoms with Gasteiger partial charge in [-0.1, -0.05) is 0 Å². The molecule has 0 saturated heterocycles. The van der Waals surface area contributed by atoms with E-state index in [4.69, 9.17) is 5.73 Å². The Morgan fingerprint density at radius 3 is 2.81 bits per heavy atom. The molecule has 0 spiro atoms. The van der Waals surface area contributed by atoms with Crippen molar-refractivity contribution in [2.75, 3.05) is 12.3 Å². The molecular formula is C11H16N4O. The molecule has 0 aromatic carbocycles. The zero-order valence-corrected chi connectivity index (χ0v) is 9.79. The summed E-state index contributed by atoms with van der Waals surface area (Å²) in [6.45, 7) is 4.06. The number of carbonyl (C=O) groups is 1. The average Bonchev–Trinajstić information content (AvgIpc) is 2.48. The molecule has 0 atom stereocenters. The Morgan fingerprint density at radius 1 is 1.62 bits per heavy atom. The summed E-state index contributed by atoms with van der Waals surface area (Å²) in [5, 5.41) is 6.83. The SMILES string of the molecule is CC#CCCNC(=O)c1c(N)c(C)nn1C. The van der Waals surface area contributed by atoms with Crippen LogP contribution in [0, 0.1) is 18.8 Å². The van der Waals surface area contributed by atoms with Crippen molar-refractivity contribution < 1.29 is 4.79 Å². The van der Waals surface area contributed by atoms with Crippen LogP contribution in [0.1, 0.15) is 29.5 Å². The second-order valence-corrected chi connectivity index (χ2v) is 3.40. The molecule has 3 N–H and O–H groups in total. The van der Waals surface area contributed by atoms with Crippen LogP contribution in [0.25, 0.3) is 0 Å². The van der Waals surface area contributed by atoms with Crippen molar-refractivity contribution in [3.8, 4) is 11.8 Å². The van der Waals surface area contributed by atoms with Crippen LogP contribution in [0.2, 0.25) is 0 Å². The highest BCUT2D eigenvalue weighted by atomic mass is 16.2. The lowest BCUT2D eigenvalue weighted by Gasteiger charge is -2.04. The van der Waals surface area contributed by atoms with Gasteiger partial charge in [-0.25, -0.2) is 0 Å². The molecule has 5 heteroatoms. The molecule has 0 radical (unpaired) electrons. The van der Waals surface area contributed by atoms with Crippen molar-refractivity contribution in [2.45, 2.75) is 20.3 Å². The zero-order valence-electron chi connectivity index (χ0n) is 9.79. The summed E-state index contributed by atoms with van der Waals surface area (Å²) in [6, 6.07) is 0. The van der Waals surface area contributed by atoms with Gasteiger partial charge < -0.3 is 11.1 Å². The van der Waals surface area contributed by atoms with E-state index >= 15 is 0 Å². The molecule has 0 aliphatic heterocycles. The Morgan fingerprint density at radius 2 is 2.31 bits per heavy atom. The highest BCUT2D eigenvalue weighted by molar-refractivity contribution is 5.97. The molecule has 0 bridgehead atoms. The number of aryl methyl sites for hydroxylation is 2. The van der Waals surface area contributed by atoms with Gasteiger partial charge in [0, 0.05) is 20.0 Å². The number of hydrogen-bond acceptors (Lipinski definition) is 3. The largest absolute Gasteiger partial charge is 0.395 e. The Balaban J connectivity index is 2.68. The first-order valence-corrected chi connectivity index (χ1v) is 5.04. The normalized spacial score (nSPS) is 9.44. The maximum Gasteiger partial charge on any atom is 0.271 e. The zero-order chi connectivity index (χ0) is 12.1. The van der Waals surface area contributed by atoms with E-state index < -0.39 is 0 Å². The molecule has 1 aromatic heterocycles. The second-order valence-electron chi connectivity index (χ2n) is 3.40. The molecule has 0 fully saturated rings. The fraction of sp³-hybridized carbons (Fsp3) is 0.455. The molecule has 86 valence electrons. The number of nitrogens with zero attached hydrogens (tertiary/aromatic N) is 2. The Labute approximate surface area is 95.0 Å². The molecule has 0 unspecified atom stereocenters. The van der Waals surface area contributed by atoms with Crippen molar-refractivity contribution in [3.05, 3.63) is 11.4 Å². The maximum atomic E-state index is 11.8. The summed E-state index contributed by atoms with van der Waals surface area (Å²) in [6.07, 6.45) is 0.638. The minimum atomic E-state index is -0.210. The summed E-state index contributed by atoms with van der Waals surface area (Å²) in [5.74, 6) is 5.43. The minimum Gasteiger partial charge on any atom is -0.395 e. The quantitative estimate of drug-likeness (QED) is 0.574. The molecule has 1 heterocycles. The number of nitrogens with two attached hydrogens (primary N) is 1. The van der Waals surface area contributed by atoms with Crippen molar-refractivity contribution in [2.24, 2.45) is 7.05 Å². The van der Waals surface area contributed by atoms with Gasteiger partial charge in [-0.15, -0.1) is 11.8 Å². The lowest BCUT2D eigenvalue weighted by Crippen LogP contribution is -2.27. The first-order valence-electron chi connectivity index (χ1n) is 5.04. The van der Waals surface area contributed by atoms with E-state index in [-0.39, 0.29) is 5.91 Å². The number of nitrogen functional groups attached to an aromatic ring is 1. The number of anilines is 1. The third kappa shape index (κ3) is 2.54. The number of aromatic nitrogens is 2. The third-order valence-corrected chi connectivity index (χ3v) is 2.20. The lowest BCUT2D eigenvalue weighted by molar-refractivity contribution is 0.0946. The standard InChI is InChI=1S/C11H16N4O/c1-4-5-6-7-13-11(16)10-9(12)8(2)14-15(10)3/h6-7,12H2,1-3H3,(H,13,16). The van der Waals surface area contributed by atoms with Crippen LogP contribution in [0.3, 0.4) is 0 Å². The van der Waals surface area contributed by atoms with Crippen molar-refractivity contribution in [3.63, 3.8) is 0 Å². The summed E-state index contributed by atoms with van der Waals surface area (Å²) in [7, 11) is 1.70. The molecule has 1 rings (SSSR count). The Bertz CT molecular complexity index is 451. The van der Waals surface area contributed by atoms with Crippen LogP contribution in [0.15, 0.2) is 0 Å². The van der Waals surface area contributed by atoms with Gasteiger partial charge in [-0.2, -0.15) is 5.10 Å². The van der Waals surface area contributed by atoms with Crippen molar-refractivity contribution >= 4 is 11.6 Å². The summed E-state index contributed by atoms with van der Waals surface area (Å²) >= 11 is 0. The summed E-state index contributed by atoms with van der Waals surface area (Å²) in [5.41, 5.74) is 7.27. The Kier molecular flexibility index (Phi) is 3.95. The van der Waals surface area contributed by atoms with Crippen LogP contribution in [-0.4, -0.2) is 22.2 Å². The van der Waals surface area contributed by atoms with Gasteiger partial charge in [0.1, 0.15) is 5.69 Å². The smallest absolute Gasteiger partial charge is 0.271 e. The van der Waals surface area contributed by atoms with Crippen LogP contribution in [-0.2, 0) is 7.05 Å². The minimum absolute atomic E-state index is 0.210. The van der Waals surface area contributed by atoms with Crippen LogP contribution >= 0.6 is 0 Å². The molecule has 1 aromatic rings. The van der Waals surface area contributed by atoms with E-state index in [1.165, 1.54) is 4.68 Å². The van der Waals surface area contributed by atoms with E-state index in [2.05, 4.69) is 22.3 Å². The highest BCUT2D eigenvalue weighted by Gasteiger charge is 2.16. The molecular weight excluding hydrogens is 204 g/mol. The number of carbonyl (C=O) groups excluding carboxylic acids is 1. The molecule has 0 aliphatic rings. The number of amides is 1. The van der Waals surface area contributed by atoms with Crippen LogP contribution in [0.4, 0.5) is 5.69 Å². The first kappa shape index (κ1) is 12.1. The predicted octanol–water partition coefficient (Wildman–Crippen LogP) is 0.454. The first-order chi connectivity index (χ1) is 7.57. The molecule has 1 amide bonds. The molecule has 0 saturated carbocycles. The number of nitrogens with one attached hydrogen (secondary N) is 1. The van der Waals surface area contributed by atoms with E-state index in [1.54, 1.807) is 20.9 Å².